The molecule has 1 spiro atoms. The molecule has 1 atom stereocenters. The lowest BCUT2D eigenvalue weighted by molar-refractivity contribution is 0.131. The summed E-state index contributed by atoms with van der Waals surface area (Å²) in [6.07, 6.45) is 1.16. The zero-order valence-corrected chi connectivity index (χ0v) is 18.3. The summed E-state index contributed by atoms with van der Waals surface area (Å²) in [6, 6.07) is 14.7. The van der Waals surface area contributed by atoms with Gasteiger partial charge in [-0.2, -0.15) is 10.4 Å². The van der Waals surface area contributed by atoms with Crippen LogP contribution in [0.5, 0.6) is 0 Å². The summed E-state index contributed by atoms with van der Waals surface area (Å²) in [4.78, 5) is 2.43. The Morgan fingerprint density at radius 2 is 2.00 bits per heavy atom. The number of aromatic nitrogens is 2. The Balaban J connectivity index is 1.46. The second-order valence-corrected chi connectivity index (χ2v) is 9.02. The van der Waals surface area contributed by atoms with Crippen molar-refractivity contribution in [2.75, 3.05) is 36.5 Å². The fraction of sp³-hybridized carbons (Fsp3) is 0.400. The molecular formula is C25H27N5O. The summed E-state index contributed by atoms with van der Waals surface area (Å²) in [5, 5.41) is 24.0. The van der Waals surface area contributed by atoms with Gasteiger partial charge in [0.25, 0.3) is 0 Å². The maximum absolute atomic E-state index is 9.37. The number of fused-ring (bicyclic) bond motifs is 1. The van der Waals surface area contributed by atoms with E-state index in [1.54, 1.807) is 0 Å². The van der Waals surface area contributed by atoms with E-state index >= 15 is 0 Å². The molecule has 31 heavy (non-hydrogen) atoms. The Hall–Kier alpha value is -3.17. The van der Waals surface area contributed by atoms with Crippen molar-refractivity contribution in [2.45, 2.75) is 33.2 Å². The summed E-state index contributed by atoms with van der Waals surface area (Å²) in [7, 11) is 0. The fourth-order valence-corrected chi connectivity index (χ4v) is 4.95. The first-order valence-corrected chi connectivity index (χ1v) is 10.9. The Kier molecular flexibility index (Phi) is 4.79. The third kappa shape index (κ3) is 3.39. The number of anilines is 2. The number of benzene rings is 2. The monoisotopic (exact) mass is 413 g/mol. The molecule has 158 valence electrons. The first-order chi connectivity index (χ1) is 15.0. The van der Waals surface area contributed by atoms with Gasteiger partial charge in [0.1, 0.15) is 0 Å². The lowest BCUT2D eigenvalue weighted by atomic mass is 9.79. The van der Waals surface area contributed by atoms with Gasteiger partial charge in [-0.1, -0.05) is 18.2 Å². The average Bonchev–Trinajstić information content (AvgIpc) is 3.25. The number of aryl methyl sites for hydroxylation is 1. The van der Waals surface area contributed by atoms with Gasteiger partial charge in [-0.05, 0) is 56.5 Å². The molecule has 2 fully saturated rings. The summed E-state index contributed by atoms with van der Waals surface area (Å²) >= 11 is 0. The molecule has 0 saturated carbocycles. The highest BCUT2D eigenvalue weighted by atomic mass is 16.5. The van der Waals surface area contributed by atoms with Crippen LogP contribution in [0.3, 0.4) is 0 Å². The molecule has 0 amide bonds. The molecule has 0 aliphatic carbocycles. The molecule has 1 N–H and O–H groups in total. The minimum Gasteiger partial charge on any atom is -0.381 e. The van der Waals surface area contributed by atoms with Gasteiger partial charge >= 0.3 is 0 Å². The van der Waals surface area contributed by atoms with Crippen molar-refractivity contribution in [3.05, 3.63) is 58.8 Å². The van der Waals surface area contributed by atoms with Crippen LogP contribution in [0, 0.1) is 30.6 Å². The highest BCUT2D eigenvalue weighted by Gasteiger charge is 2.45. The van der Waals surface area contributed by atoms with Crippen LogP contribution in [0.2, 0.25) is 0 Å². The highest BCUT2D eigenvalue weighted by Crippen LogP contribution is 2.42. The van der Waals surface area contributed by atoms with Gasteiger partial charge in [-0.3, -0.25) is 0 Å². The van der Waals surface area contributed by atoms with E-state index in [9.17, 15) is 5.26 Å². The molecule has 0 unspecified atom stereocenters. The van der Waals surface area contributed by atoms with Crippen LogP contribution in [-0.2, 0) is 4.74 Å². The van der Waals surface area contributed by atoms with Gasteiger partial charge in [0.15, 0.2) is 5.82 Å². The van der Waals surface area contributed by atoms with Crippen molar-refractivity contribution >= 4 is 22.3 Å². The molecule has 2 aliphatic heterocycles. The lowest BCUT2D eigenvalue weighted by Gasteiger charge is -2.48. The minimum absolute atomic E-state index is 0.0000723. The van der Waals surface area contributed by atoms with E-state index in [1.165, 1.54) is 5.69 Å². The van der Waals surface area contributed by atoms with E-state index in [2.05, 4.69) is 57.7 Å². The molecular weight excluding hydrogens is 386 g/mol. The van der Waals surface area contributed by atoms with Crippen molar-refractivity contribution in [1.29, 1.82) is 5.26 Å². The number of rotatable bonds is 4. The number of nitriles is 1. The molecule has 2 aromatic carbocycles. The summed E-state index contributed by atoms with van der Waals surface area (Å²) in [6.45, 7) is 9.96. The van der Waals surface area contributed by atoms with Gasteiger partial charge in [-0.25, -0.2) is 0 Å². The van der Waals surface area contributed by atoms with E-state index in [1.807, 2.05) is 26.0 Å². The Bertz CT molecular complexity index is 1180. The molecule has 1 aromatic heterocycles. The van der Waals surface area contributed by atoms with E-state index in [0.717, 1.165) is 66.1 Å². The number of hydrogen-bond donors (Lipinski definition) is 1. The molecule has 5 rings (SSSR count). The van der Waals surface area contributed by atoms with Crippen LogP contribution in [0.1, 0.15) is 41.8 Å². The second kappa shape index (κ2) is 7.51. The van der Waals surface area contributed by atoms with E-state index in [0.29, 0.717) is 11.0 Å². The molecule has 0 radical (unpaired) electrons. The topological polar surface area (TPSA) is 74.1 Å². The van der Waals surface area contributed by atoms with Gasteiger partial charge < -0.3 is 15.0 Å². The van der Waals surface area contributed by atoms with Crippen LogP contribution >= 0.6 is 0 Å². The van der Waals surface area contributed by atoms with Crippen LogP contribution in [0.15, 0.2) is 36.4 Å². The Labute approximate surface area is 182 Å². The minimum atomic E-state index is 0.0000723. The zero-order chi connectivity index (χ0) is 21.6. The largest absolute Gasteiger partial charge is 0.381 e. The third-order valence-electron chi connectivity index (χ3n) is 6.87. The molecule has 3 heterocycles. The lowest BCUT2D eigenvalue weighted by Crippen LogP contribution is -2.56. The van der Waals surface area contributed by atoms with Crippen LogP contribution in [0.25, 0.3) is 10.8 Å². The maximum atomic E-state index is 9.37. The summed E-state index contributed by atoms with van der Waals surface area (Å²) in [5.74, 6) is 0.774. The van der Waals surface area contributed by atoms with Crippen molar-refractivity contribution in [3.63, 3.8) is 0 Å². The normalized spacial score (nSPS) is 18.1. The number of nitrogens with one attached hydrogen (secondary N) is 1. The SMILES string of the molecule is Cc1c(C#N)cccc1[C@@H](C)Nc1nnc(C)c2ccc(N3CC4(CCOC4)C3)cc12. The van der Waals surface area contributed by atoms with Crippen molar-refractivity contribution < 1.29 is 4.74 Å². The smallest absolute Gasteiger partial charge is 0.157 e. The van der Waals surface area contributed by atoms with Crippen LogP contribution < -0.4 is 10.2 Å². The van der Waals surface area contributed by atoms with Crippen LogP contribution in [-0.4, -0.2) is 36.5 Å². The fourth-order valence-electron chi connectivity index (χ4n) is 4.95. The Morgan fingerprint density at radius 3 is 2.74 bits per heavy atom. The van der Waals surface area contributed by atoms with Crippen LogP contribution in [0.4, 0.5) is 11.5 Å². The third-order valence-corrected chi connectivity index (χ3v) is 6.87. The van der Waals surface area contributed by atoms with E-state index in [4.69, 9.17) is 4.74 Å². The maximum Gasteiger partial charge on any atom is 0.157 e. The summed E-state index contributed by atoms with van der Waals surface area (Å²) in [5.41, 5.74) is 5.29. The molecule has 6 nitrogen and oxygen atoms in total. The van der Waals surface area contributed by atoms with Crippen molar-refractivity contribution in [1.82, 2.24) is 10.2 Å². The number of ether oxygens (including phenoxy) is 1. The Morgan fingerprint density at radius 1 is 1.16 bits per heavy atom. The van der Waals surface area contributed by atoms with Crippen molar-refractivity contribution in [2.24, 2.45) is 5.41 Å². The quantitative estimate of drug-likeness (QED) is 0.678. The van der Waals surface area contributed by atoms with E-state index < -0.39 is 0 Å². The average molecular weight is 414 g/mol. The first-order valence-electron chi connectivity index (χ1n) is 10.9. The predicted molar refractivity (Wildman–Crippen MR) is 122 cm³/mol. The highest BCUT2D eigenvalue weighted by molar-refractivity contribution is 5.95. The van der Waals surface area contributed by atoms with E-state index in [-0.39, 0.29) is 6.04 Å². The summed E-state index contributed by atoms with van der Waals surface area (Å²) < 4.78 is 5.63. The number of hydrogen-bond acceptors (Lipinski definition) is 6. The molecule has 3 aromatic rings. The molecule has 2 saturated heterocycles. The molecule has 2 aliphatic rings. The standard InChI is InChI=1S/C25H27N5O/c1-16-19(12-26)5-4-6-21(16)17(2)27-24-23-11-20(7-8-22(23)18(3)28-29-24)30-13-25(14-30)9-10-31-15-25/h4-8,11,17H,9-10,13-15H2,1-3H3,(H,27,29)/t17-/m1/s1. The van der Waals surface area contributed by atoms with Gasteiger partial charge in [-0.15, -0.1) is 5.10 Å². The van der Waals surface area contributed by atoms with Crippen molar-refractivity contribution in [3.8, 4) is 6.07 Å². The van der Waals surface area contributed by atoms with Gasteiger partial charge in [0.2, 0.25) is 0 Å². The number of nitrogens with zero attached hydrogens (tertiary/aromatic N) is 4. The van der Waals surface area contributed by atoms with Gasteiger partial charge in [0, 0.05) is 41.6 Å². The molecule has 6 heteroatoms. The first kappa shape index (κ1) is 19.8. The molecule has 0 bridgehead atoms. The zero-order valence-electron chi connectivity index (χ0n) is 18.3. The van der Waals surface area contributed by atoms with Gasteiger partial charge in [0.05, 0.1) is 30.0 Å². The predicted octanol–water partition coefficient (Wildman–Crippen LogP) is 4.52. The second-order valence-electron chi connectivity index (χ2n) is 9.02.